The monoisotopic (exact) mass is 586 g/mol. The van der Waals surface area contributed by atoms with Crippen LogP contribution in [0.25, 0.3) is 5.69 Å². The van der Waals surface area contributed by atoms with E-state index in [2.05, 4.69) is 11.2 Å². The molecule has 1 fully saturated rings. The number of nitriles is 1. The van der Waals surface area contributed by atoms with Crippen LogP contribution in [0.3, 0.4) is 0 Å². The van der Waals surface area contributed by atoms with Crippen LogP contribution in [0.1, 0.15) is 52.5 Å². The zero-order valence-electron chi connectivity index (χ0n) is 22.9. The van der Waals surface area contributed by atoms with Crippen molar-refractivity contribution in [3.05, 3.63) is 105 Å². The van der Waals surface area contributed by atoms with Crippen LogP contribution in [-0.4, -0.2) is 39.5 Å². The van der Waals surface area contributed by atoms with Crippen LogP contribution in [0.15, 0.2) is 66.7 Å². The number of aromatic nitrogens is 2. The molecule has 0 atom stereocenters. The van der Waals surface area contributed by atoms with Gasteiger partial charge in [-0.3, -0.25) is 9.59 Å². The average Bonchev–Trinajstić information content (AvgIpc) is 3.30. The smallest absolute Gasteiger partial charge is 0.275 e. The van der Waals surface area contributed by atoms with Crippen molar-refractivity contribution in [1.82, 2.24) is 14.7 Å². The van der Waals surface area contributed by atoms with Gasteiger partial charge in [-0.1, -0.05) is 59.6 Å². The van der Waals surface area contributed by atoms with Gasteiger partial charge in [0.15, 0.2) is 5.69 Å². The number of Topliss-reactive ketones (excluding diaryl/α,β-unsaturated/α-hetero) is 1. The summed E-state index contributed by atoms with van der Waals surface area (Å²) in [4.78, 5) is 28.4. The number of halogens is 2. The van der Waals surface area contributed by atoms with Crippen LogP contribution < -0.4 is 4.74 Å². The number of hydrogen-bond donors (Lipinski definition) is 0. The Morgan fingerprint density at radius 2 is 1.63 bits per heavy atom. The molecule has 1 amide bonds. The van der Waals surface area contributed by atoms with Crippen LogP contribution in [0, 0.1) is 25.2 Å². The number of piperidine rings is 1. The lowest BCUT2D eigenvalue weighted by Crippen LogP contribution is -2.48. The lowest BCUT2D eigenvalue weighted by Gasteiger charge is -2.40. The fourth-order valence-electron chi connectivity index (χ4n) is 5.51. The van der Waals surface area contributed by atoms with Gasteiger partial charge in [0.2, 0.25) is 5.88 Å². The number of ether oxygens (including phenoxy) is 1. The van der Waals surface area contributed by atoms with E-state index < -0.39 is 11.3 Å². The minimum Gasteiger partial charge on any atom is -0.438 e. The number of amides is 1. The van der Waals surface area contributed by atoms with Crippen LogP contribution in [0.5, 0.6) is 11.6 Å². The molecule has 0 spiro atoms. The van der Waals surface area contributed by atoms with Gasteiger partial charge in [-0.05, 0) is 80.6 Å². The summed E-state index contributed by atoms with van der Waals surface area (Å²) < 4.78 is 7.62. The largest absolute Gasteiger partial charge is 0.438 e. The quantitative estimate of drug-likeness (QED) is 0.238. The standard InChI is InChI=1S/C32H28Cl2N4O3/c1-20-15-21(2)17-25(16-20)41-31-26(19-35)29(36-38(31)28-10-9-24(33)18-27(28)34)30(40)37-13-11-32(12-14-37,22(3)39)23-7-5-4-6-8-23/h4-10,15-18H,11-14H2,1-3H3. The third kappa shape index (κ3) is 5.46. The molecule has 5 rings (SSSR count). The number of aryl methyl sites for hydroxylation is 2. The van der Waals surface area contributed by atoms with E-state index >= 15 is 0 Å². The first-order valence-electron chi connectivity index (χ1n) is 13.2. The Hall–Kier alpha value is -4.12. The molecule has 3 aromatic carbocycles. The molecule has 1 aromatic heterocycles. The molecule has 0 saturated carbocycles. The van der Waals surface area contributed by atoms with Crippen molar-refractivity contribution in [3.8, 4) is 23.4 Å². The predicted molar refractivity (Wildman–Crippen MR) is 158 cm³/mol. The Labute approximate surface area is 248 Å². The van der Waals surface area contributed by atoms with Crippen molar-refractivity contribution in [1.29, 1.82) is 5.26 Å². The van der Waals surface area contributed by atoms with Crippen molar-refractivity contribution in [3.63, 3.8) is 0 Å². The SMILES string of the molecule is CC(=O)C1(c2ccccc2)CCN(C(=O)c2nn(-c3ccc(Cl)cc3Cl)c(Oc3cc(C)cc(C)c3)c2C#N)CC1. The molecule has 1 aliphatic rings. The molecule has 208 valence electrons. The Bertz CT molecular complexity index is 1660. The summed E-state index contributed by atoms with van der Waals surface area (Å²) in [6, 6.07) is 22.4. The van der Waals surface area contributed by atoms with Crippen molar-refractivity contribution in [2.75, 3.05) is 13.1 Å². The first-order valence-corrected chi connectivity index (χ1v) is 14.0. The Morgan fingerprint density at radius 3 is 2.22 bits per heavy atom. The van der Waals surface area contributed by atoms with E-state index in [1.54, 1.807) is 30.0 Å². The van der Waals surface area contributed by atoms with Gasteiger partial charge in [0, 0.05) is 18.1 Å². The van der Waals surface area contributed by atoms with Crippen molar-refractivity contribution in [2.45, 2.75) is 39.0 Å². The first-order chi connectivity index (χ1) is 19.6. The molecule has 0 bridgehead atoms. The molecule has 0 aliphatic carbocycles. The molecule has 2 heterocycles. The number of nitrogens with zero attached hydrogens (tertiary/aromatic N) is 4. The van der Waals surface area contributed by atoms with E-state index in [1.165, 1.54) is 4.68 Å². The molecule has 1 saturated heterocycles. The number of likely N-dealkylation sites (tertiary alicyclic amines) is 1. The summed E-state index contributed by atoms with van der Waals surface area (Å²) >= 11 is 12.7. The molecule has 1 aliphatic heterocycles. The van der Waals surface area contributed by atoms with E-state index in [1.807, 2.05) is 62.4 Å². The topological polar surface area (TPSA) is 88.2 Å². The van der Waals surface area contributed by atoms with Gasteiger partial charge in [0.05, 0.1) is 16.1 Å². The minimum absolute atomic E-state index is 0.00774. The highest BCUT2D eigenvalue weighted by Crippen LogP contribution is 2.38. The van der Waals surface area contributed by atoms with E-state index in [0.717, 1.165) is 16.7 Å². The molecule has 0 unspecified atom stereocenters. The van der Waals surface area contributed by atoms with Gasteiger partial charge >= 0.3 is 0 Å². The number of ketones is 1. The maximum atomic E-state index is 13.9. The van der Waals surface area contributed by atoms with E-state index in [9.17, 15) is 14.9 Å². The summed E-state index contributed by atoms with van der Waals surface area (Å²) in [5, 5.41) is 15.5. The third-order valence-electron chi connectivity index (χ3n) is 7.61. The molecule has 9 heteroatoms. The zero-order chi connectivity index (χ0) is 29.3. The Balaban J connectivity index is 1.54. The van der Waals surface area contributed by atoms with Gasteiger partial charge in [-0.25, -0.2) is 0 Å². The number of carbonyl (C=O) groups excluding carboxylic acids is 2. The normalized spacial score (nSPS) is 14.4. The van der Waals surface area contributed by atoms with Crippen LogP contribution in [0.4, 0.5) is 0 Å². The number of benzene rings is 3. The van der Waals surface area contributed by atoms with Crippen molar-refractivity contribution < 1.29 is 14.3 Å². The fraction of sp³-hybridized carbons (Fsp3) is 0.250. The third-order valence-corrected chi connectivity index (χ3v) is 8.15. The highest BCUT2D eigenvalue weighted by molar-refractivity contribution is 6.35. The van der Waals surface area contributed by atoms with Gasteiger partial charge in [-0.2, -0.15) is 15.0 Å². The van der Waals surface area contributed by atoms with Crippen molar-refractivity contribution >= 4 is 34.9 Å². The highest BCUT2D eigenvalue weighted by Gasteiger charge is 2.42. The Morgan fingerprint density at radius 1 is 0.976 bits per heavy atom. The van der Waals surface area contributed by atoms with Crippen LogP contribution in [-0.2, 0) is 10.2 Å². The molecular formula is C32H28Cl2N4O3. The molecule has 0 radical (unpaired) electrons. The van der Waals surface area contributed by atoms with Gasteiger partial charge in [0.25, 0.3) is 5.91 Å². The molecule has 0 N–H and O–H groups in total. The van der Waals surface area contributed by atoms with E-state index in [4.69, 9.17) is 27.9 Å². The summed E-state index contributed by atoms with van der Waals surface area (Å²) in [7, 11) is 0. The maximum absolute atomic E-state index is 13.9. The number of rotatable bonds is 6. The average molecular weight is 588 g/mol. The summed E-state index contributed by atoms with van der Waals surface area (Å²) in [5.74, 6) is 0.223. The lowest BCUT2D eigenvalue weighted by atomic mass is 9.70. The van der Waals surface area contributed by atoms with E-state index in [-0.39, 0.29) is 27.9 Å². The summed E-state index contributed by atoms with van der Waals surface area (Å²) in [6.45, 7) is 6.16. The molecule has 4 aromatic rings. The highest BCUT2D eigenvalue weighted by atomic mass is 35.5. The molecular weight excluding hydrogens is 559 g/mol. The van der Waals surface area contributed by atoms with Crippen LogP contribution in [0.2, 0.25) is 10.0 Å². The number of hydrogen-bond acceptors (Lipinski definition) is 5. The van der Waals surface area contributed by atoms with Gasteiger partial charge in [0.1, 0.15) is 23.2 Å². The van der Waals surface area contributed by atoms with Crippen molar-refractivity contribution in [2.24, 2.45) is 0 Å². The van der Waals surface area contributed by atoms with Gasteiger partial charge < -0.3 is 9.64 Å². The lowest BCUT2D eigenvalue weighted by molar-refractivity contribution is -0.124. The number of carbonyl (C=O) groups is 2. The minimum atomic E-state index is -0.663. The van der Waals surface area contributed by atoms with Gasteiger partial charge in [-0.15, -0.1) is 0 Å². The summed E-state index contributed by atoms with van der Waals surface area (Å²) in [5.41, 5.74) is 2.59. The first kappa shape index (κ1) is 28.4. The zero-order valence-corrected chi connectivity index (χ0v) is 24.5. The maximum Gasteiger partial charge on any atom is 0.275 e. The predicted octanol–water partition coefficient (Wildman–Crippen LogP) is 7.22. The Kier molecular flexibility index (Phi) is 7.90. The second-order valence-electron chi connectivity index (χ2n) is 10.4. The van der Waals surface area contributed by atoms with Crippen LogP contribution >= 0.6 is 23.2 Å². The second kappa shape index (κ2) is 11.4. The summed E-state index contributed by atoms with van der Waals surface area (Å²) in [6.07, 6.45) is 0.936. The van der Waals surface area contributed by atoms with E-state index in [0.29, 0.717) is 42.4 Å². The molecule has 41 heavy (non-hydrogen) atoms. The second-order valence-corrected chi connectivity index (χ2v) is 11.2. The molecule has 7 nitrogen and oxygen atoms in total. The fourth-order valence-corrected chi connectivity index (χ4v) is 6.00.